The standard InChI is InChI=1S/C15H16F4N2O3/c1-8(13(22)20-10-4-2-3-9(16)5-10)21-6-11(14(23)24)12(7-21)15(17,18)19/h2-5,8,11-12H,6-7H2,1H3,(H,20,22)(H,23,24)/t8?,11-,12-/m1/s1. The van der Waals surface area contributed by atoms with Crippen molar-refractivity contribution in [2.24, 2.45) is 11.8 Å². The van der Waals surface area contributed by atoms with Gasteiger partial charge in [0.15, 0.2) is 0 Å². The van der Waals surface area contributed by atoms with E-state index in [1.54, 1.807) is 0 Å². The molecule has 1 heterocycles. The van der Waals surface area contributed by atoms with Crippen LogP contribution < -0.4 is 5.32 Å². The molecule has 1 aliphatic rings. The number of rotatable bonds is 4. The molecule has 0 radical (unpaired) electrons. The molecule has 9 heteroatoms. The Kier molecular flexibility index (Phi) is 5.12. The summed E-state index contributed by atoms with van der Waals surface area (Å²) in [5.74, 6) is -6.39. The molecule has 1 fully saturated rings. The molecule has 1 amide bonds. The molecule has 24 heavy (non-hydrogen) atoms. The van der Waals surface area contributed by atoms with Crippen molar-refractivity contribution in [3.05, 3.63) is 30.1 Å². The number of likely N-dealkylation sites (tertiary alicyclic amines) is 1. The van der Waals surface area contributed by atoms with Gasteiger partial charge in [-0.05, 0) is 25.1 Å². The van der Waals surface area contributed by atoms with Gasteiger partial charge in [0.2, 0.25) is 5.91 Å². The smallest absolute Gasteiger partial charge is 0.393 e. The number of carbonyl (C=O) groups excluding carboxylic acids is 1. The van der Waals surface area contributed by atoms with Crippen LogP contribution in [-0.2, 0) is 9.59 Å². The maximum atomic E-state index is 13.1. The van der Waals surface area contributed by atoms with E-state index >= 15 is 0 Å². The van der Waals surface area contributed by atoms with Crippen molar-refractivity contribution in [1.29, 1.82) is 0 Å². The molecule has 1 unspecified atom stereocenters. The SMILES string of the molecule is CC(C(=O)Nc1cccc(F)c1)N1C[C@@H](C(F)(F)F)[C@H](C(=O)O)C1. The number of amides is 1. The summed E-state index contributed by atoms with van der Waals surface area (Å²) in [5.41, 5.74) is 0.174. The Morgan fingerprint density at radius 2 is 2.00 bits per heavy atom. The topological polar surface area (TPSA) is 69.6 Å². The summed E-state index contributed by atoms with van der Waals surface area (Å²) in [4.78, 5) is 24.4. The molecular weight excluding hydrogens is 332 g/mol. The Balaban J connectivity index is 2.08. The van der Waals surface area contributed by atoms with Crippen LogP contribution in [0.15, 0.2) is 24.3 Å². The number of hydrogen-bond acceptors (Lipinski definition) is 3. The molecule has 1 aromatic rings. The van der Waals surface area contributed by atoms with E-state index in [9.17, 15) is 27.2 Å². The van der Waals surface area contributed by atoms with Crippen LogP contribution in [0.4, 0.5) is 23.2 Å². The third-order valence-corrected chi connectivity index (χ3v) is 4.11. The molecule has 2 N–H and O–H groups in total. The highest BCUT2D eigenvalue weighted by Crippen LogP contribution is 2.38. The third kappa shape index (κ3) is 4.02. The zero-order valence-corrected chi connectivity index (χ0v) is 12.7. The second-order valence-corrected chi connectivity index (χ2v) is 5.72. The van der Waals surface area contributed by atoms with E-state index in [1.807, 2.05) is 0 Å². The minimum absolute atomic E-state index is 0.174. The Bertz CT molecular complexity index is 635. The number of anilines is 1. The number of aliphatic carboxylic acids is 1. The lowest BCUT2D eigenvalue weighted by Gasteiger charge is -2.23. The lowest BCUT2D eigenvalue weighted by Crippen LogP contribution is -2.41. The molecule has 1 aromatic carbocycles. The molecule has 0 aromatic heterocycles. The van der Waals surface area contributed by atoms with Gasteiger partial charge in [-0.3, -0.25) is 14.5 Å². The number of benzene rings is 1. The van der Waals surface area contributed by atoms with Crippen molar-refractivity contribution in [3.8, 4) is 0 Å². The van der Waals surface area contributed by atoms with E-state index in [2.05, 4.69) is 5.32 Å². The molecule has 1 aliphatic heterocycles. The van der Waals surface area contributed by atoms with E-state index < -0.39 is 48.3 Å². The molecule has 5 nitrogen and oxygen atoms in total. The van der Waals surface area contributed by atoms with Crippen LogP contribution in [-0.4, -0.2) is 47.2 Å². The van der Waals surface area contributed by atoms with Gasteiger partial charge < -0.3 is 10.4 Å². The first-order chi connectivity index (χ1) is 11.1. The first-order valence-electron chi connectivity index (χ1n) is 7.19. The van der Waals surface area contributed by atoms with Crippen LogP contribution in [0.5, 0.6) is 0 Å². The Morgan fingerprint density at radius 1 is 1.33 bits per heavy atom. The first-order valence-corrected chi connectivity index (χ1v) is 7.19. The van der Waals surface area contributed by atoms with Gasteiger partial charge in [-0.15, -0.1) is 0 Å². The Hall–Kier alpha value is -2.16. The van der Waals surface area contributed by atoms with Crippen LogP contribution in [0.25, 0.3) is 0 Å². The van der Waals surface area contributed by atoms with E-state index in [-0.39, 0.29) is 12.2 Å². The van der Waals surface area contributed by atoms with Crippen LogP contribution in [0.3, 0.4) is 0 Å². The van der Waals surface area contributed by atoms with Crippen molar-refractivity contribution in [3.63, 3.8) is 0 Å². The number of carboxylic acids is 1. The Morgan fingerprint density at radius 3 is 2.50 bits per heavy atom. The quantitative estimate of drug-likeness (QED) is 0.820. The van der Waals surface area contributed by atoms with Crippen LogP contribution >= 0.6 is 0 Å². The lowest BCUT2D eigenvalue weighted by atomic mass is 9.96. The van der Waals surface area contributed by atoms with E-state index in [0.29, 0.717) is 0 Å². The van der Waals surface area contributed by atoms with Crippen molar-refractivity contribution in [2.45, 2.75) is 19.1 Å². The number of halogens is 4. The van der Waals surface area contributed by atoms with Crippen LogP contribution in [0.2, 0.25) is 0 Å². The van der Waals surface area contributed by atoms with Crippen molar-refractivity contribution >= 4 is 17.6 Å². The van der Waals surface area contributed by atoms with Gasteiger partial charge in [-0.2, -0.15) is 13.2 Å². The fraction of sp³-hybridized carbons (Fsp3) is 0.467. The van der Waals surface area contributed by atoms with E-state index in [1.165, 1.54) is 30.0 Å². The van der Waals surface area contributed by atoms with Gasteiger partial charge in [0.25, 0.3) is 0 Å². The number of carbonyl (C=O) groups is 2. The predicted octanol–water partition coefficient (Wildman–Crippen LogP) is 2.35. The molecule has 1 saturated heterocycles. The van der Waals surface area contributed by atoms with Crippen molar-refractivity contribution in [1.82, 2.24) is 4.90 Å². The maximum Gasteiger partial charge on any atom is 0.393 e. The normalized spacial score (nSPS) is 23.0. The van der Waals surface area contributed by atoms with Crippen LogP contribution in [0.1, 0.15) is 6.92 Å². The third-order valence-electron chi connectivity index (χ3n) is 4.11. The molecule has 0 aliphatic carbocycles. The number of alkyl halides is 3. The molecular formula is C15H16F4N2O3. The zero-order valence-electron chi connectivity index (χ0n) is 12.7. The van der Waals surface area contributed by atoms with Crippen LogP contribution in [0, 0.1) is 17.7 Å². The second-order valence-electron chi connectivity index (χ2n) is 5.72. The average molecular weight is 348 g/mol. The monoisotopic (exact) mass is 348 g/mol. The van der Waals surface area contributed by atoms with Gasteiger partial charge in [0.1, 0.15) is 5.82 Å². The molecule has 2 rings (SSSR count). The highest BCUT2D eigenvalue weighted by atomic mass is 19.4. The van der Waals surface area contributed by atoms with Crippen molar-refractivity contribution in [2.75, 3.05) is 18.4 Å². The van der Waals surface area contributed by atoms with E-state index in [4.69, 9.17) is 5.11 Å². The minimum atomic E-state index is -4.66. The van der Waals surface area contributed by atoms with Gasteiger partial charge in [-0.1, -0.05) is 6.07 Å². The maximum absolute atomic E-state index is 13.1. The lowest BCUT2D eigenvalue weighted by molar-refractivity contribution is -0.188. The number of hydrogen-bond donors (Lipinski definition) is 2. The number of nitrogens with zero attached hydrogens (tertiary/aromatic N) is 1. The second kappa shape index (κ2) is 6.76. The van der Waals surface area contributed by atoms with Gasteiger partial charge in [0.05, 0.1) is 17.9 Å². The number of carboxylic acid groups (broad SMARTS) is 1. The molecule has 0 spiro atoms. The largest absolute Gasteiger partial charge is 0.481 e. The first kappa shape index (κ1) is 18.2. The fourth-order valence-electron chi connectivity index (χ4n) is 2.71. The summed E-state index contributed by atoms with van der Waals surface area (Å²) >= 11 is 0. The minimum Gasteiger partial charge on any atom is -0.481 e. The highest BCUT2D eigenvalue weighted by molar-refractivity contribution is 5.94. The predicted molar refractivity (Wildman–Crippen MR) is 76.7 cm³/mol. The van der Waals surface area contributed by atoms with E-state index in [0.717, 1.165) is 6.07 Å². The highest BCUT2D eigenvalue weighted by Gasteiger charge is 2.53. The average Bonchev–Trinajstić information content (AvgIpc) is 2.91. The summed E-state index contributed by atoms with van der Waals surface area (Å²) in [6.45, 7) is 0.432. The molecule has 0 bridgehead atoms. The summed E-state index contributed by atoms with van der Waals surface area (Å²) in [6.07, 6.45) is -4.66. The number of nitrogens with one attached hydrogen (secondary N) is 1. The van der Waals surface area contributed by atoms with Gasteiger partial charge >= 0.3 is 12.1 Å². The van der Waals surface area contributed by atoms with Gasteiger partial charge in [0, 0.05) is 18.8 Å². The fourth-order valence-corrected chi connectivity index (χ4v) is 2.71. The van der Waals surface area contributed by atoms with Crippen molar-refractivity contribution < 1.29 is 32.3 Å². The molecule has 132 valence electrons. The molecule has 0 saturated carbocycles. The summed E-state index contributed by atoms with van der Waals surface area (Å²) in [6, 6.07) is 4.10. The zero-order chi connectivity index (χ0) is 18.1. The summed E-state index contributed by atoms with van der Waals surface area (Å²) in [5, 5.41) is 11.4. The summed E-state index contributed by atoms with van der Waals surface area (Å²) in [7, 11) is 0. The summed E-state index contributed by atoms with van der Waals surface area (Å²) < 4.78 is 52.0. The Labute approximate surface area is 135 Å². The molecule has 3 atom stereocenters. The van der Waals surface area contributed by atoms with Gasteiger partial charge in [-0.25, -0.2) is 4.39 Å².